The molecule has 1 fully saturated rings. The molecule has 0 radical (unpaired) electrons. The predicted molar refractivity (Wildman–Crippen MR) is 90.3 cm³/mol. The second-order valence-corrected chi connectivity index (χ2v) is 5.44. The maximum atomic E-state index is 12.7. The molecule has 0 aromatic heterocycles. The maximum Gasteiger partial charge on any atom is 0.281 e. The van der Waals surface area contributed by atoms with Crippen LogP contribution in [-0.2, 0) is 9.59 Å². The first-order valence-electron chi connectivity index (χ1n) is 7.06. The van der Waals surface area contributed by atoms with Crippen LogP contribution in [0.3, 0.4) is 0 Å². The molecule has 6 nitrogen and oxygen atoms in total. The molecule has 0 spiro atoms. The lowest BCUT2D eigenvalue weighted by atomic mass is 10.2. The van der Waals surface area contributed by atoms with Gasteiger partial charge in [0.25, 0.3) is 11.8 Å². The number of hydrogen-bond donors (Lipinski definition) is 1. The summed E-state index contributed by atoms with van der Waals surface area (Å²) < 4.78 is 5.19. The fourth-order valence-corrected chi connectivity index (χ4v) is 2.63. The molecule has 1 heterocycles. The normalized spacial score (nSPS) is 19.2. The molecule has 1 aliphatic heterocycles. The van der Waals surface area contributed by atoms with Gasteiger partial charge in [-0.1, -0.05) is 24.3 Å². The number of amides is 2. The standard InChI is InChI=1S/C17H13ClN2O4/c1-24-13-9-5-3-7-11(13)20-16(22)14(18)15(17(20)23)19-10-6-2-4-8-12(10)21/h2-9,14,21H,1H3. The maximum absolute atomic E-state index is 12.7. The number of imide groups is 1. The highest BCUT2D eigenvalue weighted by Crippen LogP contribution is 2.34. The lowest BCUT2D eigenvalue weighted by molar-refractivity contribution is -0.120. The fraction of sp³-hybridized carbons (Fsp3) is 0.118. The van der Waals surface area contributed by atoms with Crippen LogP contribution in [0.1, 0.15) is 0 Å². The van der Waals surface area contributed by atoms with Crippen LogP contribution in [0.25, 0.3) is 0 Å². The van der Waals surface area contributed by atoms with Crippen LogP contribution < -0.4 is 9.64 Å². The molecule has 0 saturated carbocycles. The van der Waals surface area contributed by atoms with Gasteiger partial charge in [-0.2, -0.15) is 0 Å². The first-order chi connectivity index (χ1) is 11.5. The SMILES string of the molecule is COc1ccccc1N1C(=O)C(=Nc2ccccc2O)C(Cl)C1=O. The smallest absolute Gasteiger partial charge is 0.281 e. The number of rotatable bonds is 3. The second kappa shape index (κ2) is 6.33. The summed E-state index contributed by atoms with van der Waals surface area (Å²) in [6, 6.07) is 12.9. The third kappa shape index (κ3) is 2.61. The van der Waals surface area contributed by atoms with Gasteiger partial charge >= 0.3 is 0 Å². The largest absolute Gasteiger partial charge is 0.506 e. The first kappa shape index (κ1) is 16.0. The van der Waals surface area contributed by atoms with Crippen molar-refractivity contribution in [3.63, 3.8) is 0 Å². The number of carbonyl (C=O) groups is 2. The van der Waals surface area contributed by atoms with Crippen LogP contribution in [0.2, 0.25) is 0 Å². The molecule has 7 heteroatoms. The third-order valence-electron chi connectivity index (χ3n) is 3.55. The van der Waals surface area contributed by atoms with Crippen molar-refractivity contribution in [1.82, 2.24) is 0 Å². The van der Waals surface area contributed by atoms with Crippen LogP contribution >= 0.6 is 11.6 Å². The Kier molecular flexibility index (Phi) is 4.22. The van der Waals surface area contributed by atoms with E-state index in [1.54, 1.807) is 36.4 Å². The second-order valence-electron chi connectivity index (χ2n) is 5.00. The number of phenols is 1. The number of phenolic OH excluding ortho intramolecular Hbond substituents is 1. The highest BCUT2D eigenvalue weighted by Gasteiger charge is 2.45. The molecule has 0 aliphatic carbocycles. The van der Waals surface area contributed by atoms with Gasteiger partial charge in [-0.25, -0.2) is 9.89 Å². The molecule has 1 atom stereocenters. The van der Waals surface area contributed by atoms with E-state index < -0.39 is 17.2 Å². The number of aromatic hydroxyl groups is 1. The average molecular weight is 345 g/mol. The van der Waals surface area contributed by atoms with Gasteiger partial charge in [0.15, 0.2) is 5.38 Å². The number of benzene rings is 2. The Balaban J connectivity index is 2.06. The van der Waals surface area contributed by atoms with Crippen molar-refractivity contribution < 1.29 is 19.4 Å². The van der Waals surface area contributed by atoms with E-state index in [1.807, 2.05) is 0 Å². The van der Waals surface area contributed by atoms with Crippen molar-refractivity contribution in [2.45, 2.75) is 5.38 Å². The number of halogens is 1. The molecule has 1 saturated heterocycles. The quantitative estimate of drug-likeness (QED) is 0.685. The lowest BCUT2D eigenvalue weighted by Crippen LogP contribution is -2.31. The Morgan fingerprint density at radius 3 is 2.50 bits per heavy atom. The minimum Gasteiger partial charge on any atom is -0.506 e. The molecular weight excluding hydrogens is 332 g/mol. The van der Waals surface area contributed by atoms with E-state index in [-0.39, 0.29) is 17.1 Å². The summed E-state index contributed by atoms with van der Waals surface area (Å²) in [7, 11) is 1.44. The molecule has 2 aromatic rings. The van der Waals surface area contributed by atoms with E-state index in [2.05, 4.69) is 4.99 Å². The minimum absolute atomic E-state index is 0.107. The van der Waals surface area contributed by atoms with Crippen LogP contribution in [0, 0.1) is 0 Å². The molecule has 24 heavy (non-hydrogen) atoms. The number of carbonyl (C=O) groups excluding carboxylic acids is 2. The van der Waals surface area contributed by atoms with Gasteiger partial charge in [0.2, 0.25) is 0 Å². The van der Waals surface area contributed by atoms with Gasteiger partial charge in [0, 0.05) is 0 Å². The number of methoxy groups -OCH3 is 1. The average Bonchev–Trinajstić information content (AvgIpc) is 2.80. The van der Waals surface area contributed by atoms with E-state index >= 15 is 0 Å². The molecule has 122 valence electrons. The highest BCUT2D eigenvalue weighted by atomic mass is 35.5. The summed E-state index contributed by atoms with van der Waals surface area (Å²) in [5.74, 6) is -0.996. The summed E-state index contributed by atoms with van der Waals surface area (Å²) in [5.41, 5.74) is 0.318. The first-order valence-corrected chi connectivity index (χ1v) is 7.50. The lowest BCUT2D eigenvalue weighted by Gasteiger charge is -2.16. The number of aliphatic imine (C=N–C) groups is 1. The molecule has 0 bridgehead atoms. The number of anilines is 1. The molecule has 1 N–H and O–H groups in total. The van der Waals surface area contributed by atoms with Gasteiger partial charge in [-0.3, -0.25) is 9.59 Å². The van der Waals surface area contributed by atoms with E-state index in [4.69, 9.17) is 16.3 Å². The minimum atomic E-state index is -1.23. The third-order valence-corrected chi connectivity index (χ3v) is 3.94. The van der Waals surface area contributed by atoms with Crippen molar-refractivity contribution >= 4 is 40.5 Å². The fourth-order valence-electron chi connectivity index (χ4n) is 2.39. The summed E-state index contributed by atoms with van der Waals surface area (Å²) in [5, 5.41) is 8.56. The van der Waals surface area contributed by atoms with Crippen LogP contribution in [0.4, 0.5) is 11.4 Å². The number of alkyl halides is 1. The van der Waals surface area contributed by atoms with Gasteiger partial charge in [0.05, 0.1) is 12.8 Å². The van der Waals surface area contributed by atoms with Crippen molar-refractivity contribution in [2.75, 3.05) is 12.0 Å². The van der Waals surface area contributed by atoms with Crippen molar-refractivity contribution in [3.05, 3.63) is 48.5 Å². The van der Waals surface area contributed by atoms with Gasteiger partial charge in [-0.15, -0.1) is 11.6 Å². The molecule has 2 aromatic carbocycles. The molecular formula is C17H13ClN2O4. The molecule has 2 amide bonds. The molecule has 3 rings (SSSR count). The Morgan fingerprint density at radius 2 is 1.79 bits per heavy atom. The highest BCUT2D eigenvalue weighted by molar-refractivity contribution is 6.68. The zero-order chi connectivity index (χ0) is 17.3. The Bertz CT molecular complexity index is 850. The number of para-hydroxylation sites is 4. The topological polar surface area (TPSA) is 79.2 Å². The van der Waals surface area contributed by atoms with Crippen LogP contribution in [0.15, 0.2) is 53.5 Å². The Hall–Kier alpha value is -2.86. The van der Waals surface area contributed by atoms with Crippen LogP contribution in [-0.4, -0.2) is 35.1 Å². The van der Waals surface area contributed by atoms with E-state index in [0.717, 1.165) is 4.90 Å². The summed E-state index contributed by atoms with van der Waals surface area (Å²) in [4.78, 5) is 30.1. The van der Waals surface area contributed by atoms with E-state index in [9.17, 15) is 14.7 Å². The zero-order valence-corrected chi connectivity index (χ0v) is 13.4. The van der Waals surface area contributed by atoms with Gasteiger partial charge in [0.1, 0.15) is 22.9 Å². The molecule has 1 unspecified atom stereocenters. The summed E-state index contributed by atoms with van der Waals surface area (Å²) in [6.07, 6.45) is 0. The van der Waals surface area contributed by atoms with E-state index in [0.29, 0.717) is 11.4 Å². The predicted octanol–water partition coefficient (Wildman–Crippen LogP) is 2.65. The summed E-state index contributed by atoms with van der Waals surface area (Å²) >= 11 is 6.10. The zero-order valence-electron chi connectivity index (χ0n) is 12.6. The monoisotopic (exact) mass is 344 g/mol. The van der Waals surface area contributed by atoms with Crippen LogP contribution in [0.5, 0.6) is 11.5 Å². The Morgan fingerprint density at radius 1 is 1.12 bits per heavy atom. The van der Waals surface area contributed by atoms with Gasteiger partial charge in [-0.05, 0) is 24.3 Å². The Labute approximate surface area is 142 Å². The molecule has 1 aliphatic rings. The number of nitrogens with zero attached hydrogens (tertiary/aromatic N) is 2. The van der Waals surface area contributed by atoms with Crippen molar-refractivity contribution in [1.29, 1.82) is 0 Å². The number of hydrogen-bond acceptors (Lipinski definition) is 5. The van der Waals surface area contributed by atoms with Crippen molar-refractivity contribution in [2.24, 2.45) is 4.99 Å². The summed E-state index contributed by atoms with van der Waals surface area (Å²) in [6.45, 7) is 0. The number of ether oxygens (including phenoxy) is 1. The van der Waals surface area contributed by atoms with Gasteiger partial charge < -0.3 is 9.84 Å². The van der Waals surface area contributed by atoms with E-state index in [1.165, 1.54) is 19.2 Å². The van der Waals surface area contributed by atoms with Crippen molar-refractivity contribution in [3.8, 4) is 11.5 Å².